The Bertz CT molecular complexity index is 382. The van der Waals surface area contributed by atoms with E-state index in [1.165, 1.54) is 4.88 Å². The summed E-state index contributed by atoms with van der Waals surface area (Å²) in [6.07, 6.45) is 1.75. The van der Waals surface area contributed by atoms with E-state index in [2.05, 4.69) is 6.92 Å². The lowest BCUT2D eigenvalue weighted by Crippen LogP contribution is -2.25. The summed E-state index contributed by atoms with van der Waals surface area (Å²) in [6.45, 7) is 6.79. The Kier molecular flexibility index (Phi) is 5.99. The number of methoxy groups -OCH3 is 1. The molecule has 0 saturated heterocycles. The molecule has 0 aliphatic heterocycles. The van der Waals surface area contributed by atoms with Gasteiger partial charge in [-0.3, -0.25) is 4.79 Å². The topological polar surface area (TPSA) is 35.5 Å². The molecule has 0 aromatic carbocycles. The van der Waals surface area contributed by atoms with Crippen molar-refractivity contribution < 1.29 is 14.3 Å². The van der Waals surface area contributed by atoms with Crippen molar-refractivity contribution in [1.29, 1.82) is 0 Å². The van der Waals surface area contributed by atoms with Gasteiger partial charge in [0.1, 0.15) is 6.61 Å². The van der Waals surface area contributed by atoms with E-state index in [1.807, 2.05) is 26.0 Å². The lowest BCUT2D eigenvalue weighted by atomic mass is 10.1. The maximum absolute atomic E-state index is 11.8. The van der Waals surface area contributed by atoms with Gasteiger partial charge in [-0.25, -0.2) is 0 Å². The molecule has 0 spiro atoms. The number of carbonyl (C=O) groups excluding carboxylic acids is 1. The van der Waals surface area contributed by atoms with Crippen molar-refractivity contribution in [3.05, 3.63) is 21.9 Å². The molecule has 0 aliphatic rings. The summed E-state index contributed by atoms with van der Waals surface area (Å²) in [5.74, 6) is 0.0647. The number of hydrogen-bond donors (Lipinski definition) is 0. The minimum atomic E-state index is -0.193. The van der Waals surface area contributed by atoms with Gasteiger partial charge in [-0.05, 0) is 38.8 Å². The largest absolute Gasteiger partial charge is 0.379 e. The van der Waals surface area contributed by atoms with Crippen LogP contribution in [0, 0.1) is 0 Å². The molecule has 0 aliphatic carbocycles. The number of aryl methyl sites for hydroxylation is 1. The fourth-order valence-corrected chi connectivity index (χ4v) is 2.25. The first-order chi connectivity index (χ1) is 8.48. The summed E-state index contributed by atoms with van der Waals surface area (Å²) in [5.41, 5.74) is -0.193. The van der Waals surface area contributed by atoms with Gasteiger partial charge >= 0.3 is 0 Å². The van der Waals surface area contributed by atoms with Crippen LogP contribution in [0.1, 0.15) is 41.7 Å². The Morgan fingerprint density at radius 1 is 1.39 bits per heavy atom. The molecule has 0 saturated carbocycles. The van der Waals surface area contributed by atoms with E-state index in [0.717, 1.165) is 17.7 Å². The third-order valence-electron chi connectivity index (χ3n) is 2.92. The second kappa shape index (κ2) is 7.02. The van der Waals surface area contributed by atoms with Gasteiger partial charge in [0.05, 0.1) is 10.5 Å². The van der Waals surface area contributed by atoms with Crippen molar-refractivity contribution in [1.82, 2.24) is 0 Å². The maximum Gasteiger partial charge on any atom is 0.198 e. The molecule has 0 N–H and O–H groups in total. The molecular formula is C14H22O3S. The van der Waals surface area contributed by atoms with E-state index in [0.29, 0.717) is 6.61 Å². The molecule has 1 aromatic heterocycles. The molecule has 3 nitrogen and oxygen atoms in total. The normalized spacial score (nSPS) is 11.8. The predicted octanol–water partition coefficient (Wildman–Crippen LogP) is 3.32. The summed E-state index contributed by atoms with van der Waals surface area (Å²) in [7, 11) is 1.68. The number of ketones is 1. The molecular weight excluding hydrogens is 248 g/mol. The third-order valence-corrected chi connectivity index (χ3v) is 4.19. The van der Waals surface area contributed by atoms with E-state index in [9.17, 15) is 4.79 Å². The lowest BCUT2D eigenvalue weighted by Gasteiger charge is -2.22. The minimum absolute atomic E-state index is 0.0647. The van der Waals surface area contributed by atoms with Crippen LogP contribution in [-0.4, -0.2) is 31.7 Å². The van der Waals surface area contributed by atoms with Gasteiger partial charge in [-0.15, -0.1) is 11.3 Å². The highest BCUT2D eigenvalue weighted by Gasteiger charge is 2.16. The van der Waals surface area contributed by atoms with Crippen LogP contribution in [0.2, 0.25) is 0 Å². The number of ether oxygens (including phenoxy) is 2. The molecule has 1 rings (SSSR count). The SMILES string of the molecule is CCc1ccc(C(=O)COCCC(C)(C)OC)s1. The number of rotatable bonds is 8. The first kappa shape index (κ1) is 15.3. The van der Waals surface area contributed by atoms with Gasteiger partial charge in [0, 0.05) is 18.6 Å². The monoisotopic (exact) mass is 270 g/mol. The van der Waals surface area contributed by atoms with Gasteiger partial charge in [-0.2, -0.15) is 0 Å². The Labute approximate surface area is 113 Å². The molecule has 0 radical (unpaired) electrons. The summed E-state index contributed by atoms with van der Waals surface area (Å²) in [6, 6.07) is 3.89. The zero-order valence-corrected chi connectivity index (χ0v) is 12.4. The van der Waals surface area contributed by atoms with Crippen molar-refractivity contribution in [2.45, 2.75) is 39.2 Å². The maximum atomic E-state index is 11.8. The van der Waals surface area contributed by atoms with E-state index >= 15 is 0 Å². The number of carbonyl (C=O) groups is 1. The second-order valence-electron chi connectivity index (χ2n) is 4.81. The van der Waals surface area contributed by atoms with Crippen molar-refractivity contribution >= 4 is 17.1 Å². The van der Waals surface area contributed by atoms with Crippen molar-refractivity contribution in [3.63, 3.8) is 0 Å². The zero-order valence-electron chi connectivity index (χ0n) is 11.6. The molecule has 1 heterocycles. The fraction of sp³-hybridized carbons (Fsp3) is 0.643. The summed E-state index contributed by atoms with van der Waals surface area (Å²) in [4.78, 5) is 13.8. The molecule has 0 unspecified atom stereocenters. The van der Waals surface area contributed by atoms with Crippen LogP contribution in [0.4, 0.5) is 0 Å². The minimum Gasteiger partial charge on any atom is -0.379 e. The Balaban J connectivity index is 2.29. The van der Waals surface area contributed by atoms with Crippen LogP contribution in [0.25, 0.3) is 0 Å². The average Bonchev–Trinajstić information content (AvgIpc) is 2.83. The van der Waals surface area contributed by atoms with E-state index < -0.39 is 0 Å². The molecule has 4 heteroatoms. The van der Waals surface area contributed by atoms with Gasteiger partial charge < -0.3 is 9.47 Å². The van der Waals surface area contributed by atoms with Gasteiger partial charge in [0.15, 0.2) is 5.78 Å². The highest BCUT2D eigenvalue weighted by Crippen LogP contribution is 2.18. The highest BCUT2D eigenvalue weighted by atomic mass is 32.1. The van der Waals surface area contributed by atoms with Crippen molar-refractivity contribution in [2.75, 3.05) is 20.3 Å². The van der Waals surface area contributed by atoms with E-state index in [1.54, 1.807) is 18.4 Å². The molecule has 0 fully saturated rings. The first-order valence-electron chi connectivity index (χ1n) is 6.23. The Morgan fingerprint density at radius 3 is 2.67 bits per heavy atom. The smallest absolute Gasteiger partial charge is 0.198 e. The fourth-order valence-electron chi connectivity index (χ4n) is 1.37. The van der Waals surface area contributed by atoms with Crippen molar-refractivity contribution in [3.8, 4) is 0 Å². The van der Waals surface area contributed by atoms with E-state index in [-0.39, 0.29) is 18.0 Å². The van der Waals surface area contributed by atoms with Crippen LogP contribution < -0.4 is 0 Å². The Morgan fingerprint density at radius 2 is 2.11 bits per heavy atom. The number of Topliss-reactive ketones (excluding diaryl/α,β-unsaturated/α-hetero) is 1. The summed E-state index contributed by atoms with van der Waals surface area (Å²) in [5, 5.41) is 0. The van der Waals surface area contributed by atoms with Crippen LogP contribution in [0.5, 0.6) is 0 Å². The number of thiophene rings is 1. The summed E-state index contributed by atoms with van der Waals surface area (Å²) >= 11 is 1.55. The van der Waals surface area contributed by atoms with Crippen LogP contribution in [-0.2, 0) is 15.9 Å². The van der Waals surface area contributed by atoms with Gasteiger partial charge in [0.2, 0.25) is 0 Å². The zero-order chi connectivity index (χ0) is 13.6. The quantitative estimate of drug-likeness (QED) is 0.537. The van der Waals surface area contributed by atoms with Crippen LogP contribution >= 0.6 is 11.3 Å². The third kappa shape index (κ3) is 4.88. The number of hydrogen-bond acceptors (Lipinski definition) is 4. The average molecular weight is 270 g/mol. The molecule has 0 atom stereocenters. The van der Waals surface area contributed by atoms with Crippen LogP contribution in [0.3, 0.4) is 0 Å². The standard InChI is InChI=1S/C14H22O3S/c1-5-11-6-7-13(18-11)12(15)10-17-9-8-14(2,3)16-4/h6-7H,5,8-10H2,1-4H3. The van der Waals surface area contributed by atoms with Gasteiger partial charge in [0.25, 0.3) is 0 Å². The molecule has 0 bridgehead atoms. The van der Waals surface area contributed by atoms with E-state index in [4.69, 9.17) is 9.47 Å². The second-order valence-corrected chi connectivity index (χ2v) is 5.98. The van der Waals surface area contributed by atoms with Crippen LogP contribution in [0.15, 0.2) is 12.1 Å². The lowest BCUT2D eigenvalue weighted by molar-refractivity contribution is -0.00833. The Hall–Kier alpha value is -0.710. The highest BCUT2D eigenvalue weighted by molar-refractivity contribution is 7.14. The molecule has 0 amide bonds. The van der Waals surface area contributed by atoms with Gasteiger partial charge in [-0.1, -0.05) is 6.92 Å². The van der Waals surface area contributed by atoms with Crippen molar-refractivity contribution in [2.24, 2.45) is 0 Å². The molecule has 18 heavy (non-hydrogen) atoms. The first-order valence-corrected chi connectivity index (χ1v) is 7.05. The molecule has 1 aromatic rings. The molecule has 102 valence electrons. The summed E-state index contributed by atoms with van der Waals surface area (Å²) < 4.78 is 10.7. The predicted molar refractivity (Wildman–Crippen MR) is 74.6 cm³/mol.